The maximum Gasteiger partial charge on any atom is 0.320 e. The summed E-state index contributed by atoms with van der Waals surface area (Å²) in [6.07, 6.45) is -67.1. The maximum absolute atomic E-state index is 11.3. The summed E-state index contributed by atoms with van der Waals surface area (Å²) in [7, 11) is -3.52. The highest BCUT2D eigenvalue weighted by Crippen LogP contribution is 2.40. The Morgan fingerprint density at radius 1 is 0.444 bits per heavy atom. The Labute approximate surface area is 612 Å². The molecule has 14 bridgehead atoms. The zero-order valence-corrected chi connectivity index (χ0v) is 58.0. The lowest BCUT2D eigenvalue weighted by atomic mass is 9.95. The van der Waals surface area contributed by atoms with Crippen molar-refractivity contribution in [3.8, 4) is 11.5 Å². The number of para-hydroxylation sites is 1. The summed E-state index contributed by atoms with van der Waals surface area (Å²) in [6.45, 7) is -6.72. The van der Waals surface area contributed by atoms with E-state index in [0.717, 1.165) is 19.1 Å². The Bertz CT molecular complexity index is 2840. The number of rotatable bonds is 17. The van der Waals surface area contributed by atoms with Crippen molar-refractivity contribution in [3.05, 3.63) is 58.6 Å². The second kappa shape index (κ2) is 39.9. The maximum atomic E-state index is 11.3. The zero-order chi connectivity index (χ0) is 79.5. The number of carbonyl (C=O) groups is 1. The number of nitro benzene ring substituents is 1. The molecule has 21 aliphatic rings. The molecule has 47 heteroatoms. The molecule has 0 unspecified atom stereocenters. The van der Waals surface area contributed by atoms with E-state index in [1.54, 1.807) is 30.3 Å². The van der Waals surface area contributed by atoms with Crippen molar-refractivity contribution in [3.63, 3.8) is 0 Å². The van der Waals surface area contributed by atoms with Crippen LogP contribution in [0.25, 0.3) is 0 Å². The van der Waals surface area contributed by atoms with Gasteiger partial charge in [-0.15, -0.1) is 0 Å². The van der Waals surface area contributed by atoms with Crippen LogP contribution in [0, 0.1) is 10.1 Å². The van der Waals surface area contributed by atoms with Crippen LogP contribution >= 0.6 is 0 Å². The number of nitrogens with zero attached hydrogens (tertiary/aromatic N) is 1. The molecule has 2 aromatic rings. The van der Waals surface area contributed by atoms with Gasteiger partial charge >= 0.3 is 5.97 Å². The number of ether oxygens (including phenoxy) is 15. The highest BCUT2D eigenvalue weighted by atomic mass is 32.2. The van der Waals surface area contributed by atoms with Crippen LogP contribution < -0.4 is 20.9 Å². The summed E-state index contributed by atoms with van der Waals surface area (Å²) in [5.41, 5.74) is 10.4. The molecule has 21 aliphatic heterocycles. The SMILES string of the molecule is CS(=O)(=O)Nc1ccc([N+](=O)[O-])cc1Oc1ccccc1.NCCCC[C@H](N)C(=O)O.OC[C@H]1O[C@@H]2O[C@H]3[C@H](O)[C@@H](O)[C@@H](O[C@H]4[C@H](O)[C@@H](O)[C@@H](O[C@H]5[C@H](O)[C@@H](O)[C@@H](O[C@H]6[C@H](O)[C@@H](O)[C@@H](O[C@H]7[C@H](O)[C@@H](O)[C@@H](O[C@H]8[C@H](O)[C@@H](O)[C@@H](O[C@H]1[C@H](O)[C@H]2O)O[C@@H]8CO)O[C@@H]7CO)O[C@@H]6CO)O[C@@H]5CO)O[C@@H]4CO)O[C@@H]3CO. The summed E-state index contributed by atoms with van der Waals surface area (Å²) in [6, 6.07) is 11.5. The van der Waals surface area contributed by atoms with Gasteiger partial charge in [0.2, 0.25) is 10.0 Å². The number of hydrogen-bond acceptors (Lipinski definition) is 43. The lowest BCUT2D eigenvalue weighted by Crippen LogP contribution is -2.68. The molecule has 0 aromatic heterocycles. The van der Waals surface area contributed by atoms with Gasteiger partial charge in [0, 0.05) is 6.07 Å². The third-order valence-corrected chi connectivity index (χ3v) is 19.1. The number of nitrogens with one attached hydrogen (secondary N) is 1. The van der Waals surface area contributed by atoms with Gasteiger partial charge in [-0.25, -0.2) is 8.42 Å². The lowest BCUT2D eigenvalue weighted by molar-refractivity contribution is -0.396. The number of sulfonamides is 1. The molecule has 23 rings (SSSR count). The molecule has 108 heavy (non-hydrogen) atoms. The molecule has 0 saturated carbocycles. The van der Waals surface area contributed by atoms with Gasteiger partial charge in [0.1, 0.15) is 183 Å². The van der Waals surface area contributed by atoms with Crippen LogP contribution in [0.1, 0.15) is 19.3 Å². The molecule has 0 radical (unpaired) electrons. The molecule has 21 fully saturated rings. The van der Waals surface area contributed by atoms with E-state index in [4.69, 9.17) is 87.6 Å². The van der Waals surface area contributed by atoms with Crippen LogP contribution in [0.4, 0.5) is 11.4 Å². The summed E-state index contributed by atoms with van der Waals surface area (Å²) in [5, 5.41) is 249. The van der Waals surface area contributed by atoms with Crippen molar-refractivity contribution in [1.82, 2.24) is 0 Å². The first-order valence-electron chi connectivity index (χ1n) is 33.8. The quantitative estimate of drug-likeness (QED) is 0.0397. The van der Waals surface area contributed by atoms with E-state index in [0.29, 0.717) is 18.7 Å². The van der Waals surface area contributed by atoms with Gasteiger partial charge in [-0.3, -0.25) is 19.6 Å². The minimum atomic E-state index is -3.52. The number of carboxylic acids is 1. The molecule has 0 amide bonds. The monoisotopic (exact) mass is 1590 g/mol. The van der Waals surface area contributed by atoms with E-state index >= 15 is 0 Å². The highest BCUT2D eigenvalue weighted by Gasteiger charge is 2.60. The molecule has 618 valence electrons. The third-order valence-electron chi connectivity index (χ3n) is 18.5. The number of nitro groups is 1. The van der Waals surface area contributed by atoms with Crippen molar-refractivity contribution in [2.24, 2.45) is 11.5 Å². The number of anilines is 1. The molecule has 27 N–H and O–H groups in total. The average Bonchev–Trinajstić information content (AvgIpc) is 0.776. The average molecular weight is 1590 g/mol. The van der Waals surface area contributed by atoms with Gasteiger partial charge in [-0.1, -0.05) is 24.6 Å². The van der Waals surface area contributed by atoms with Crippen LogP contribution in [0.15, 0.2) is 48.5 Å². The number of aliphatic hydroxyl groups is 21. The Kier molecular flexibility index (Phi) is 32.9. The standard InChI is InChI=1S/C42H70O35.C13H12N2O5S.C6H14N2O2/c43-1-8-29-15(50)22(57)36(64-8)72-30-9(2-44)66-38(24(59)17(30)52)74-32-11(4-46)68-40(26(61)19(32)54)76-34-13(6-48)70-42(28(63)21(34)56)77-35-14(7-49)69-41(27(62)20(35)55)75-33-12(5-47)67-39(25(60)18(33)53)73-31-10(3-45)65-37(71-29)23(58)16(31)51;1-21(18,19)14-12-8-7-10(15(16)17)9-13(12)20-11-5-3-2-4-6-11;7-4-2-1-3-5(8)6(9)10/h8-63H,1-7H2;2-9,14H,1H3;5H,1-4,7-8H2,(H,9,10)/t8-,9-,10-,11-,12-,13-,14-,15-,16-,17-,18-,19-,20-,21-,22-,23-,24-,25-,26-,27-,28-,29-,30-,31-,32-,33-,34-,35-,36-,37-,38-,39-,40-,41-,42-;;5-/m1.0/s1. The van der Waals surface area contributed by atoms with Crippen molar-refractivity contribution in [2.45, 2.75) is 240 Å². The van der Waals surface area contributed by atoms with E-state index in [2.05, 4.69) is 4.72 Å². The van der Waals surface area contributed by atoms with E-state index in [1.807, 2.05) is 0 Å². The smallest absolute Gasteiger partial charge is 0.320 e. The third kappa shape index (κ3) is 21.0. The number of aliphatic carboxylic acids is 1. The molecule has 0 aliphatic carbocycles. The second-order valence-electron chi connectivity index (χ2n) is 26.1. The van der Waals surface area contributed by atoms with Crippen LogP contribution in [0.3, 0.4) is 0 Å². The fraction of sp³-hybridized carbons (Fsp3) is 0.787. The fourth-order valence-electron chi connectivity index (χ4n) is 12.7. The van der Waals surface area contributed by atoms with Gasteiger partial charge in [-0.2, -0.15) is 0 Å². The van der Waals surface area contributed by atoms with Gasteiger partial charge in [0.05, 0.1) is 69.2 Å². The Morgan fingerprint density at radius 3 is 0.917 bits per heavy atom. The number of benzene rings is 2. The van der Waals surface area contributed by atoms with E-state index in [9.17, 15) is 131 Å². The molecule has 21 heterocycles. The van der Waals surface area contributed by atoms with Crippen molar-refractivity contribution in [1.29, 1.82) is 0 Å². The minimum Gasteiger partial charge on any atom is -0.480 e. The predicted octanol–water partition coefficient (Wildman–Crippen LogP) is -12.9. The molecule has 46 nitrogen and oxygen atoms in total. The number of hydrogen-bond donors (Lipinski definition) is 25. The number of non-ortho nitro benzene ring substituents is 1. The second-order valence-corrected chi connectivity index (χ2v) is 27.9. The number of aliphatic hydroxyl groups excluding tert-OH is 21. The van der Waals surface area contributed by atoms with E-state index < -0.39 is 288 Å². The zero-order valence-electron chi connectivity index (χ0n) is 57.2. The van der Waals surface area contributed by atoms with Gasteiger partial charge in [0.25, 0.3) is 5.69 Å². The summed E-state index contributed by atoms with van der Waals surface area (Å²) in [5.74, 6) is -0.438. The summed E-state index contributed by atoms with van der Waals surface area (Å²) >= 11 is 0. The van der Waals surface area contributed by atoms with Crippen molar-refractivity contribution >= 4 is 27.4 Å². The molecule has 21 saturated heterocycles. The molecular weight excluding hydrogens is 1490 g/mol. The Hall–Kier alpha value is -4.62. The minimum absolute atomic E-state index is 0.0563. The van der Waals surface area contributed by atoms with Crippen LogP contribution in [0.2, 0.25) is 0 Å². The number of nitrogens with two attached hydrogens (primary N) is 2. The molecule has 2 aromatic carbocycles. The summed E-state index contributed by atoms with van der Waals surface area (Å²) in [4.78, 5) is 20.4. The van der Waals surface area contributed by atoms with Gasteiger partial charge in [0.15, 0.2) is 49.8 Å². The first kappa shape index (κ1) is 88.9. The number of carboxylic acid groups (broad SMARTS) is 1. The lowest BCUT2D eigenvalue weighted by Gasteiger charge is -2.50. The predicted molar refractivity (Wildman–Crippen MR) is 345 cm³/mol. The van der Waals surface area contributed by atoms with E-state index in [-0.39, 0.29) is 17.1 Å². The highest BCUT2D eigenvalue weighted by molar-refractivity contribution is 7.92. The van der Waals surface area contributed by atoms with Crippen LogP contribution in [-0.4, -0.2) is 412 Å². The Balaban J connectivity index is 0.000000390. The van der Waals surface area contributed by atoms with Gasteiger partial charge < -0.3 is 195 Å². The molecule has 0 spiro atoms. The Morgan fingerprint density at radius 2 is 0.704 bits per heavy atom. The van der Waals surface area contributed by atoms with E-state index in [1.165, 1.54) is 18.2 Å². The first-order valence-corrected chi connectivity index (χ1v) is 35.7. The normalized spacial score (nSPS) is 42.8. The van der Waals surface area contributed by atoms with Crippen LogP contribution in [0.5, 0.6) is 11.5 Å². The first-order chi connectivity index (χ1) is 51.2. The molecule has 36 atom stereocenters. The number of unbranched alkanes of at least 4 members (excludes halogenated alkanes) is 1. The van der Waals surface area contributed by atoms with Crippen molar-refractivity contribution < 1.29 is 202 Å². The van der Waals surface area contributed by atoms with Crippen LogP contribution in [-0.2, 0) is 81.1 Å². The topological polar surface area (TPSA) is 742 Å². The largest absolute Gasteiger partial charge is 0.480 e. The van der Waals surface area contributed by atoms with Crippen molar-refractivity contribution in [2.75, 3.05) is 63.8 Å². The van der Waals surface area contributed by atoms with Gasteiger partial charge in [-0.05, 0) is 37.6 Å². The fourth-order valence-corrected chi connectivity index (χ4v) is 13.2. The molecular formula is C61H96N4O42S. The summed E-state index contributed by atoms with van der Waals surface area (Å²) < 4.78 is 110.